The Morgan fingerprint density at radius 2 is 2.04 bits per heavy atom. The van der Waals surface area contributed by atoms with Gasteiger partial charge in [0.15, 0.2) is 11.6 Å². The highest BCUT2D eigenvalue weighted by Gasteiger charge is 2.71. The molecule has 0 unspecified atom stereocenters. The molecule has 4 aliphatic carbocycles. The lowest BCUT2D eigenvalue weighted by atomic mass is 9.46. The lowest BCUT2D eigenvalue weighted by molar-refractivity contribution is -0.182. The topological polar surface area (TPSA) is 94.8 Å². The van der Waals surface area contributed by atoms with E-state index in [1.54, 1.807) is 12.2 Å². The van der Waals surface area contributed by atoms with E-state index in [0.29, 0.717) is 19.3 Å². The number of hydrogen-bond acceptors (Lipinski definition) is 5. The van der Waals surface area contributed by atoms with Crippen LogP contribution in [0.5, 0.6) is 0 Å². The minimum atomic E-state index is -1.64. The number of Topliss-reactive ketones (excluding diaryl/α,β-unsaturated/α-hetero) is 1. The average Bonchev–Trinajstić information content (AvgIpc) is 2.83. The van der Waals surface area contributed by atoms with Crippen molar-refractivity contribution >= 4 is 27.5 Å². The van der Waals surface area contributed by atoms with Crippen LogP contribution in [-0.2, 0) is 9.59 Å². The third-order valence-corrected chi connectivity index (χ3v) is 9.57. The van der Waals surface area contributed by atoms with Crippen molar-refractivity contribution in [1.29, 1.82) is 0 Å². The van der Waals surface area contributed by atoms with E-state index >= 15 is 0 Å². The van der Waals surface area contributed by atoms with Crippen molar-refractivity contribution in [2.24, 2.45) is 34.5 Å². The number of rotatable bonds is 2. The van der Waals surface area contributed by atoms with E-state index in [-0.39, 0.29) is 34.3 Å². The van der Waals surface area contributed by atoms with Gasteiger partial charge in [-0.25, -0.2) is 0 Å². The first-order valence-electron chi connectivity index (χ1n) is 10.1. The zero-order valence-corrected chi connectivity index (χ0v) is 18.1. The van der Waals surface area contributed by atoms with Crippen molar-refractivity contribution in [3.05, 3.63) is 23.8 Å². The molecule has 0 aromatic rings. The molecule has 4 aliphatic rings. The quantitative estimate of drug-likeness (QED) is 0.558. The highest BCUT2D eigenvalue weighted by molar-refractivity contribution is 9.09. The largest absolute Gasteiger partial charge is 0.393 e. The Morgan fingerprint density at radius 1 is 1.36 bits per heavy atom. The van der Waals surface area contributed by atoms with Gasteiger partial charge in [-0.15, -0.1) is 0 Å². The maximum absolute atomic E-state index is 12.6. The Labute approximate surface area is 174 Å². The first kappa shape index (κ1) is 20.5. The third-order valence-electron chi connectivity index (χ3n) is 8.63. The summed E-state index contributed by atoms with van der Waals surface area (Å²) in [6.07, 6.45) is 6.19. The summed E-state index contributed by atoms with van der Waals surface area (Å²) in [6, 6.07) is 0. The summed E-state index contributed by atoms with van der Waals surface area (Å²) >= 11 is 3.83. The minimum absolute atomic E-state index is 0.0156. The second-order valence-electron chi connectivity index (χ2n) is 9.79. The van der Waals surface area contributed by atoms with Gasteiger partial charge in [0.1, 0.15) is 12.2 Å². The van der Waals surface area contributed by atoms with Gasteiger partial charge >= 0.3 is 0 Å². The number of ketones is 2. The molecule has 154 valence electrons. The average molecular weight is 453 g/mol. The fourth-order valence-corrected chi connectivity index (χ4v) is 8.34. The van der Waals surface area contributed by atoms with Gasteiger partial charge in [0.25, 0.3) is 0 Å². The predicted octanol–water partition coefficient (Wildman–Crippen LogP) is 2.18. The van der Waals surface area contributed by atoms with E-state index in [2.05, 4.69) is 22.9 Å². The van der Waals surface area contributed by atoms with E-state index in [0.717, 1.165) is 5.57 Å². The van der Waals surface area contributed by atoms with E-state index in [1.165, 1.54) is 0 Å². The van der Waals surface area contributed by atoms with Crippen LogP contribution in [0.4, 0.5) is 0 Å². The van der Waals surface area contributed by atoms with E-state index in [9.17, 15) is 24.9 Å². The molecule has 0 radical (unpaired) electrons. The van der Waals surface area contributed by atoms with Crippen LogP contribution in [0.25, 0.3) is 0 Å². The summed E-state index contributed by atoms with van der Waals surface area (Å²) in [5.74, 6) is -0.869. The maximum Gasteiger partial charge on any atom is 0.190 e. The SMILES string of the molecule is C[C@@H]1C[C@H]2[C@H]3[C@H]([C@@H](O)C[C@]2(C)[C@@]1(O)C(=O)CO)[C@@]1(C)C=CC(=O)C=C1C[C@H]3Br. The molecule has 0 saturated heterocycles. The normalized spacial score (nSPS) is 52.5. The molecule has 3 saturated carbocycles. The Morgan fingerprint density at radius 3 is 2.68 bits per heavy atom. The van der Waals surface area contributed by atoms with Gasteiger partial charge in [0.05, 0.1) is 6.10 Å². The number of hydrogen-bond donors (Lipinski definition) is 3. The number of alkyl halides is 1. The zero-order chi connectivity index (χ0) is 20.6. The molecule has 0 aromatic carbocycles. The van der Waals surface area contributed by atoms with E-state index in [1.807, 2.05) is 19.9 Å². The standard InChI is InChI=1S/C22H29BrO5/c1-11-6-14-18-15(23)8-12-7-13(25)4-5-20(12,2)19(18)16(26)9-21(14,3)22(11,28)17(27)10-24/h4-5,7,11,14-16,18-19,24,26,28H,6,8-10H2,1-3H3/t11-,14+,15-,16+,18-,19+,20+,21+,22+/m1/s1. The smallest absolute Gasteiger partial charge is 0.190 e. The van der Waals surface area contributed by atoms with Gasteiger partial charge in [-0.2, -0.15) is 0 Å². The molecule has 3 N–H and O–H groups in total. The highest BCUT2D eigenvalue weighted by atomic mass is 79.9. The molecule has 0 spiro atoms. The lowest BCUT2D eigenvalue weighted by Gasteiger charge is -2.61. The van der Waals surface area contributed by atoms with Crippen LogP contribution < -0.4 is 0 Å². The zero-order valence-electron chi connectivity index (χ0n) is 16.6. The number of aliphatic hydroxyl groups is 3. The van der Waals surface area contributed by atoms with Crippen molar-refractivity contribution in [1.82, 2.24) is 0 Å². The van der Waals surface area contributed by atoms with Crippen LogP contribution >= 0.6 is 15.9 Å². The maximum atomic E-state index is 12.6. The van der Waals surface area contributed by atoms with Gasteiger partial charge in [-0.1, -0.05) is 48.4 Å². The summed E-state index contributed by atoms with van der Waals surface area (Å²) in [5.41, 5.74) is -1.81. The Bertz CT molecular complexity index is 790. The van der Waals surface area contributed by atoms with Crippen LogP contribution in [0.2, 0.25) is 0 Å². The van der Waals surface area contributed by atoms with Crippen LogP contribution in [-0.4, -0.2) is 50.0 Å². The number of aliphatic hydroxyl groups excluding tert-OH is 2. The third kappa shape index (κ3) is 2.35. The number of allylic oxidation sites excluding steroid dienone is 4. The molecule has 5 nitrogen and oxygen atoms in total. The fourth-order valence-electron chi connectivity index (χ4n) is 7.29. The molecule has 0 heterocycles. The minimum Gasteiger partial charge on any atom is -0.393 e. The van der Waals surface area contributed by atoms with Crippen molar-refractivity contribution in [2.45, 2.75) is 56.6 Å². The van der Waals surface area contributed by atoms with E-state index in [4.69, 9.17) is 0 Å². The molecular weight excluding hydrogens is 424 g/mol. The van der Waals surface area contributed by atoms with Crippen molar-refractivity contribution in [2.75, 3.05) is 6.61 Å². The lowest BCUT2D eigenvalue weighted by Crippen LogP contribution is -2.64. The summed E-state index contributed by atoms with van der Waals surface area (Å²) < 4.78 is 0. The monoisotopic (exact) mass is 452 g/mol. The Hall–Kier alpha value is -0.820. The number of carbonyl (C=O) groups is 2. The van der Waals surface area contributed by atoms with Gasteiger partial charge in [0, 0.05) is 21.6 Å². The van der Waals surface area contributed by atoms with Crippen LogP contribution in [0.15, 0.2) is 23.8 Å². The van der Waals surface area contributed by atoms with Crippen LogP contribution in [0.3, 0.4) is 0 Å². The summed E-state index contributed by atoms with van der Waals surface area (Å²) in [7, 11) is 0. The highest BCUT2D eigenvalue weighted by Crippen LogP contribution is 2.69. The fraction of sp³-hybridized carbons (Fsp3) is 0.727. The van der Waals surface area contributed by atoms with Gasteiger partial charge in [0.2, 0.25) is 0 Å². The van der Waals surface area contributed by atoms with Crippen LogP contribution in [0, 0.1) is 34.5 Å². The van der Waals surface area contributed by atoms with Crippen molar-refractivity contribution < 1.29 is 24.9 Å². The molecule has 0 amide bonds. The molecule has 28 heavy (non-hydrogen) atoms. The first-order chi connectivity index (χ1) is 13.0. The summed E-state index contributed by atoms with van der Waals surface area (Å²) in [4.78, 5) is 24.6. The van der Waals surface area contributed by atoms with Gasteiger partial charge in [-0.3, -0.25) is 9.59 Å². The second kappa shape index (κ2) is 6.34. The molecule has 9 atom stereocenters. The van der Waals surface area contributed by atoms with Gasteiger partial charge in [-0.05, 0) is 49.2 Å². The molecule has 6 heteroatoms. The molecule has 0 bridgehead atoms. The number of carbonyl (C=O) groups excluding carboxylic acids is 2. The second-order valence-corrected chi connectivity index (χ2v) is 11.0. The molecular formula is C22H29BrO5. The summed E-state index contributed by atoms with van der Waals surface area (Å²) in [6.45, 7) is 5.17. The van der Waals surface area contributed by atoms with Crippen LogP contribution in [0.1, 0.15) is 40.0 Å². The Kier molecular flexibility index (Phi) is 4.63. The molecule has 4 rings (SSSR count). The van der Waals surface area contributed by atoms with Crippen molar-refractivity contribution in [3.63, 3.8) is 0 Å². The predicted molar refractivity (Wildman–Crippen MR) is 108 cm³/mol. The number of fused-ring (bicyclic) bond motifs is 5. The molecule has 3 fully saturated rings. The van der Waals surface area contributed by atoms with E-state index < -0.39 is 34.9 Å². The number of halogens is 1. The Balaban J connectivity index is 1.82. The van der Waals surface area contributed by atoms with Crippen molar-refractivity contribution in [3.8, 4) is 0 Å². The molecule has 0 aromatic heterocycles. The van der Waals surface area contributed by atoms with Gasteiger partial charge < -0.3 is 15.3 Å². The molecule has 0 aliphatic heterocycles. The summed E-state index contributed by atoms with van der Waals surface area (Å²) in [5, 5.41) is 32.4. The first-order valence-corrected chi connectivity index (χ1v) is 11.0.